The Balaban J connectivity index is 0.000000585. The molecule has 2 rings (SSSR count). The molecule has 11 heteroatoms. The van der Waals surface area contributed by atoms with Crippen LogP contribution in [0.25, 0.3) is 0 Å². The number of alkyl carbamates (subject to hydrolysis) is 1. The number of hydrogen-bond donors (Lipinski definition) is 2. The molecule has 1 fully saturated rings. The van der Waals surface area contributed by atoms with E-state index >= 15 is 0 Å². The van der Waals surface area contributed by atoms with Crippen molar-refractivity contribution in [2.45, 2.75) is 65.9 Å². The van der Waals surface area contributed by atoms with E-state index in [2.05, 4.69) is 81.6 Å². The summed E-state index contributed by atoms with van der Waals surface area (Å²) in [7, 11) is 3.34. The first kappa shape index (κ1) is 37.3. The normalized spacial score (nSPS) is 16.5. The monoisotopic (exact) mass is 581 g/mol. The fraction of sp³-hybridized carbons (Fsp3) is 0.621. The fourth-order valence-corrected chi connectivity index (χ4v) is 5.23. The third-order valence-electron chi connectivity index (χ3n) is 5.39. The summed E-state index contributed by atoms with van der Waals surface area (Å²) >= 11 is 0. The molecule has 1 aromatic carbocycles. The highest BCUT2D eigenvalue weighted by Crippen LogP contribution is 2.25. The van der Waals surface area contributed by atoms with Gasteiger partial charge in [0.1, 0.15) is 11.3 Å². The molecule has 2 N–H and O–H groups in total. The molecule has 1 aromatic rings. The van der Waals surface area contributed by atoms with Crippen LogP contribution in [0, 0.1) is 5.41 Å². The Morgan fingerprint density at radius 2 is 1.68 bits per heavy atom. The lowest BCUT2D eigenvalue weighted by molar-refractivity contribution is -0.150. The summed E-state index contributed by atoms with van der Waals surface area (Å²) in [6, 6.07) is 10.6. The third kappa shape index (κ3) is 17.1. The molecule has 0 saturated carbocycles. The molecule has 1 amide bonds. The second kappa shape index (κ2) is 17.9. The average Bonchev–Trinajstić information content (AvgIpc) is 3.30. The highest BCUT2D eigenvalue weighted by molar-refractivity contribution is 6.76. The molecule has 228 valence electrons. The number of benzene rings is 1. The van der Waals surface area contributed by atoms with Gasteiger partial charge in [-0.1, -0.05) is 56.6 Å². The van der Waals surface area contributed by atoms with Gasteiger partial charge >= 0.3 is 18.0 Å². The first-order chi connectivity index (χ1) is 18.5. The molecule has 0 radical (unpaired) electrons. The number of carbonyl (C=O) groups is 3. The molecule has 0 spiro atoms. The molecule has 0 aromatic heterocycles. The lowest BCUT2D eigenvalue weighted by Gasteiger charge is -2.28. The molecule has 0 aliphatic carbocycles. The number of methoxy groups -OCH3 is 3. The first-order valence-electron chi connectivity index (χ1n) is 13.3. The largest absolute Gasteiger partial charge is 0.469 e. The van der Waals surface area contributed by atoms with Crippen molar-refractivity contribution in [1.82, 2.24) is 15.5 Å². The van der Waals surface area contributed by atoms with Crippen LogP contribution in [0.2, 0.25) is 19.6 Å². The highest BCUT2D eigenvalue weighted by Gasteiger charge is 2.37. The summed E-state index contributed by atoms with van der Waals surface area (Å²) in [5, 5.41) is 5.28. The van der Waals surface area contributed by atoms with Crippen molar-refractivity contribution < 1.29 is 33.3 Å². The van der Waals surface area contributed by atoms with Crippen LogP contribution in [0.15, 0.2) is 42.6 Å². The van der Waals surface area contributed by atoms with Crippen molar-refractivity contribution in [2.24, 2.45) is 5.41 Å². The summed E-state index contributed by atoms with van der Waals surface area (Å²) < 4.78 is 19.1. The van der Waals surface area contributed by atoms with Gasteiger partial charge in [-0.25, -0.2) is 9.59 Å². The molecule has 1 atom stereocenters. The molecule has 1 unspecified atom stereocenters. The molecule has 1 heterocycles. The van der Waals surface area contributed by atoms with Crippen molar-refractivity contribution in [2.75, 3.05) is 47.3 Å². The minimum atomic E-state index is -1.07. The topological polar surface area (TPSA) is 115 Å². The maximum atomic E-state index is 11.1. The number of nitrogens with zero attached hydrogens (tertiary/aromatic N) is 1. The van der Waals surface area contributed by atoms with E-state index in [9.17, 15) is 14.4 Å². The second-order valence-corrected chi connectivity index (χ2v) is 17.5. The average molecular weight is 582 g/mol. The van der Waals surface area contributed by atoms with Gasteiger partial charge in [0.05, 0.1) is 34.4 Å². The van der Waals surface area contributed by atoms with Gasteiger partial charge in [0.15, 0.2) is 0 Å². The predicted octanol–water partition coefficient (Wildman–Crippen LogP) is 4.33. The van der Waals surface area contributed by atoms with Gasteiger partial charge in [-0.05, 0) is 52.4 Å². The third-order valence-corrected chi connectivity index (χ3v) is 6.79. The number of hydrogen-bond acceptors (Lipinski definition) is 9. The second-order valence-electron chi connectivity index (χ2n) is 12.0. The van der Waals surface area contributed by atoms with Crippen molar-refractivity contribution in [3.63, 3.8) is 0 Å². The maximum Gasteiger partial charge on any atom is 0.412 e. The Labute approximate surface area is 241 Å². The van der Waals surface area contributed by atoms with Crippen LogP contribution >= 0.6 is 0 Å². The molecule has 1 aliphatic rings. The van der Waals surface area contributed by atoms with Crippen LogP contribution in [0.5, 0.6) is 0 Å². The Hall–Kier alpha value is -2.73. The smallest absolute Gasteiger partial charge is 0.412 e. The molecule has 10 nitrogen and oxygen atoms in total. The van der Waals surface area contributed by atoms with Crippen LogP contribution in [0.1, 0.15) is 39.7 Å². The number of nitrogens with one attached hydrogen (secondary N) is 2. The molecular weight excluding hydrogens is 530 g/mol. The van der Waals surface area contributed by atoms with Gasteiger partial charge in [0, 0.05) is 20.2 Å². The summed E-state index contributed by atoms with van der Waals surface area (Å²) in [6.07, 6.45) is 1.34. The molecule has 1 saturated heterocycles. The van der Waals surface area contributed by atoms with Gasteiger partial charge in [-0.15, -0.1) is 0 Å². The van der Waals surface area contributed by atoms with Crippen LogP contribution in [0.4, 0.5) is 4.79 Å². The van der Waals surface area contributed by atoms with Crippen molar-refractivity contribution in [1.29, 1.82) is 0 Å². The predicted molar refractivity (Wildman–Crippen MR) is 160 cm³/mol. The van der Waals surface area contributed by atoms with Gasteiger partial charge in [-0.2, -0.15) is 0 Å². The number of ether oxygens (including phenoxy) is 4. The van der Waals surface area contributed by atoms with Gasteiger partial charge in [0.25, 0.3) is 0 Å². The van der Waals surface area contributed by atoms with Crippen LogP contribution in [-0.4, -0.2) is 83.9 Å². The van der Waals surface area contributed by atoms with E-state index in [1.807, 2.05) is 6.92 Å². The minimum absolute atomic E-state index is 0.0995. The zero-order valence-electron chi connectivity index (χ0n) is 26.1. The van der Waals surface area contributed by atoms with Crippen LogP contribution in [0.3, 0.4) is 0 Å². The van der Waals surface area contributed by atoms with E-state index in [0.717, 1.165) is 32.8 Å². The molecule has 40 heavy (non-hydrogen) atoms. The Morgan fingerprint density at radius 3 is 2.10 bits per heavy atom. The summed E-state index contributed by atoms with van der Waals surface area (Å²) in [5.41, 5.74) is 0.328. The molecular formula is C29H51N3O7Si. The van der Waals surface area contributed by atoms with E-state index in [1.54, 1.807) is 27.9 Å². The minimum Gasteiger partial charge on any atom is -0.469 e. The zero-order valence-corrected chi connectivity index (χ0v) is 27.1. The molecule has 1 aliphatic heterocycles. The SMILES string of the molecule is C=C(NC(=O)OC(C)(C)C)C(=O)OC.COC(=O)C1(C)CCNC1.COCN(Cc1ccccc1)C[Si](C)(C)C. The fourth-order valence-electron chi connectivity index (χ4n) is 3.68. The first-order valence-corrected chi connectivity index (χ1v) is 17.0. The summed E-state index contributed by atoms with van der Waals surface area (Å²) in [4.78, 5) is 35.4. The number of rotatable bonds is 9. The van der Waals surface area contributed by atoms with E-state index in [-0.39, 0.29) is 17.1 Å². The quantitative estimate of drug-likeness (QED) is 0.145. The number of amides is 1. The molecule has 0 bridgehead atoms. The van der Waals surface area contributed by atoms with E-state index in [1.165, 1.54) is 26.0 Å². The van der Waals surface area contributed by atoms with Crippen molar-refractivity contribution in [3.05, 3.63) is 48.2 Å². The van der Waals surface area contributed by atoms with Gasteiger partial charge in [0.2, 0.25) is 0 Å². The van der Waals surface area contributed by atoms with E-state index in [4.69, 9.17) is 9.47 Å². The number of esters is 2. The van der Waals surface area contributed by atoms with Gasteiger partial charge in [-0.3, -0.25) is 15.0 Å². The van der Waals surface area contributed by atoms with E-state index in [0.29, 0.717) is 0 Å². The maximum absolute atomic E-state index is 11.1. The zero-order chi connectivity index (χ0) is 31.0. The van der Waals surface area contributed by atoms with Crippen molar-refractivity contribution >= 4 is 26.1 Å². The Kier molecular flexibility index (Phi) is 16.6. The van der Waals surface area contributed by atoms with E-state index < -0.39 is 25.7 Å². The lowest BCUT2D eigenvalue weighted by Crippen LogP contribution is -2.40. The highest BCUT2D eigenvalue weighted by atomic mass is 28.3. The Morgan fingerprint density at radius 1 is 1.07 bits per heavy atom. The standard InChI is InChI=1S/C13H23NOSi.C9H15NO4.C7H13NO2/c1-15-11-14(12-16(2,3)4)10-13-8-6-5-7-9-13;1-6(7(11)13-5)10-8(12)14-9(2,3)4;1-7(6(9)10-2)3-4-8-5-7/h5-9H,10-12H2,1-4H3;1H2,2-5H3,(H,10,12);8H,3-5H2,1-2H3. The summed E-state index contributed by atoms with van der Waals surface area (Å²) in [6.45, 7) is 20.9. The van der Waals surface area contributed by atoms with Crippen molar-refractivity contribution in [3.8, 4) is 0 Å². The lowest BCUT2D eigenvalue weighted by atomic mass is 9.90. The van der Waals surface area contributed by atoms with Crippen LogP contribution < -0.4 is 10.6 Å². The number of carbonyl (C=O) groups excluding carboxylic acids is 3. The van der Waals surface area contributed by atoms with Crippen LogP contribution in [-0.2, 0) is 35.1 Å². The van der Waals surface area contributed by atoms with Gasteiger partial charge < -0.3 is 24.3 Å². The Bertz CT molecular complexity index is 922. The summed E-state index contributed by atoms with van der Waals surface area (Å²) in [5.74, 6) is -0.798.